The number of aromatic nitrogens is 3. The first-order chi connectivity index (χ1) is 20.5. The first-order valence-corrected chi connectivity index (χ1v) is 13.4. The van der Waals surface area contributed by atoms with Crippen molar-refractivity contribution in [3.05, 3.63) is 30.4 Å². The van der Waals surface area contributed by atoms with Gasteiger partial charge in [-0.05, 0) is 37.8 Å². The summed E-state index contributed by atoms with van der Waals surface area (Å²) in [4.78, 5) is 43.8. The number of amides is 1. The number of halogens is 6. The molecule has 3 N–H and O–H groups in total. The lowest BCUT2D eigenvalue weighted by atomic mass is 10.2. The Kier molecular flexibility index (Phi) is 13.4. The second kappa shape index (κ2) is 16.2. The largest absolute Gasteiger partial charge is 0.490 e. The van der Waals surface area contributed by atoms with Gasteiger partial charge in [-0.1, -0.05) is 0 Å². The molecule has 1 amide bonds. The van der Waals surface area contributed by atoms with Gasteiger partial charge in [0.2, 0.25) is 5.95 Å². The summed E-state index contributed by atoms with van der Waals surface area (Å²) in [5.41, 5.74) is 2.64. The van der Waals surface area contributed by atoms with Crippen molar-refractivity contribution in [3.63, 3.8) is 0 Å². The van der Waals surface area contributed by atoms with Crippen LogP contribution in [0.15, 0.2) is 24.7 Å². The molecule has 2 aliphatic rings. The number of carbonyl (C=O) groups excluding carboxylic acids is 1. The van der Waals surface area contributed by atoms with Gasteiger partial charge in [-0.3, -0.25) is 9.69 Å². The van der Waals surface area contributed by atoms with Crippen LogP contribution in [0.3, 0.4) is 0 Å². The molecule has 44 heavy (non-hydrogen) atoms. The Morgan fingerprint density at radius 1 is 0.977 bits per heavy atom. The normalized spacial score (nSPS) is 15.3. The number of alkyl halides is 6. The molecule has 0 unspecified atom stereocenters. The number of aliphatic carboxylic acids is 2. The molecule has 246 valence electrons. The number of anilines is 1. The first-order valence-electron chi connectivity index (χ1n) is 13.4. The molecule has 4 rings (SSSR count). The van der Waals surface area contributed by atoms with Gasteiger partial charge in [-0.15, -0.1) is 0 Å². The minimum atomic E-state index is -5.08. The van der Waals surface area contributed by atoms with Crippen molar-refractivity contribution >= 4 is 23.8 Å². The molecule has 2 aromatic rings. The molecule has 1 aliphatic carbocycles. The smallest absolute Gasteiger partial charge is 0.475 e. The van der Waals surface area contributed by atoms with Crippen LogP contribution in [0, 0.1) is 5.92 Å². The maximum Gasteiger partial charge on any atom is 0.490 e. The number of carboxylic acid groups (broad SMARTS) is 2. The molecule has 0 atom stereocenters. The highest BCUT2D eigenvalue weighted by Crippen LogP contribution is 2.32. The number of hydrogen-bond acceptors (Lipinski definition) is 8. The highest BCUT2D eigenvalue weighted by Gasteiger charge is 2.38. The number of carboxylic acids is 2. The van der Waals surface area contributed by atoms with E-state index in [1.165, 1.54) is 12.8 Å². The molecule has 18 heteroatoms. The van der Waals surface area contributed by atoms with Crippen molar-refractivity contribution < 1.29 is 55.7 Å². The van der Waals surface area contributed by atoms with E-state index in [1.807, 2.05) is 37.5 Å². The fourth-order valence-corrected chi connectivity index (χ4v) is 3.71. The summed E-state index contributed by atoms with van der Waals surface area (Å²) in [6.07, 6.45) is -1.02. The minimum absolute atomic E-state index is 0.00490. The Labute approximate surface area is 248 Å². The second-order valence-electron chi connectivity index (χ2n) is 10.0. The lowest BCUT2D eigenvalue weighted by Gasteiger charge is -2.26. The zero-order valence-corrected chi connectivity index (χ0v) is 24.0. The van der Waals surface area contributed by atoms with Crippen LogP contribution in [0.2, 0.25) is 0 Å². The van der Waals surface area contributed by atoms with Crippen LogP contribution in [0.4, 0.5) is 32.3 Å². The van der Waals surface area contributed by atoms with E-state index >= 15 is 0 Å². The molecule has 0 bridgehead atoms. The fourth-order valence-electron chi connectivity index (χ4n) is 3.71. The molecule has 12 nitrogen and oxygen atoms in total. The monoisotopic (exact) mass is 640 g/mol. The molecule has 1 saturated heterocycles. The van der Waals surface area contributed by atoms with E-state index in [9.17, 15) is 31.1 Å². The summed E-state index contributed by atoms with van der Waals surface area (Å²) in [6.45, 7) is 6.15. The van der Waals surface area contributed by atoms with Gasteiger partial charge in [0, 0.05) is 70.0 Å². The molecule has 2 fully saturated rings. The van der Waals surface area contributed by atoms with E-state index in [2.05, 4.69) is 30.9 Å². The van der Waals surface area contributed by atoms with Crippen molar-refractivity contribution in [1.29, 1.82) is 0 Å². The van der Waals surface area contributed by atoms with Crippen LogP contribution in [0.1, 0.15) is 29.8 Å². The average molecular weight is 641 g/mol. The van der Waals surface area contributed by atoms with Gasteiger partial charge in [0.05, 0.1) is 13.2 Å². The SMILES string of the molecule is CN(C)c1ncc(-c2cc(C(=O)NCCCN3CCOCC3)n(CC3CC3)c2)cn1.O=C(O)C(F)(F)F.O=C(O)C(F)(F)F. The quantitative estimate of drug-likeness (QED) is 0.276. The zero-order valence-electron chi connectivity index (χ0n) is 24.0. The molecular formula is C26H34F6N6O6. The van der Waals surface area contributed by atoms with Crippen LogP contribution in [-0.4, -0.2) is 113 Å². The third-order valence-electron chi connectivity index (χ3n) is 6.18. The van der Waals surface area contributed by atoms with Gasteiger partial charge in [-0.25, -0.2) is 19.6 Å². The van der Waals surface area contributed by atoms with Crippen LogP contribution >= 0.6 is 0 Å². The lowest BCUT2D eigenvalue weighted by molar-refractivity contribution is -0.193. The number of rotatable bonds is 9. The van der Waals surface area contributed by atoms with Gasteiger partial charge >= 0.3 is 24.3 Å². The Morgan fingerprint density at radius 2 is 1.50 bits per heavy atom. The van der Waals surface area contributed by atoms with Gasteiger partial charge in [0.1, 0.15) is 5.69 Å². The molecule has 0 aromatic carbocycles. The third kappa shape index (κ3) is 12.7. The first kappa shape index (κ1) is 36.3. The highest BCUT2D eigenvalue weighted by atomic mass is 19.4. The zero-order chi connectivity index (χ0) is 33.1. The molecule has 1 aliphatic heterocycles. The predicted octanol–water partition coefficient (Wildman–Crippen LogP) is 3.14. The Morgan fingerprint density at radius 3 is 1.95 bits per heavy atom. The van der Waals surface area contributed by atoms with Gasteiger partial charge in [0.15, 0.2) is 0 Å². The predicted molar refractivity (Wildman–Crippen MR) is 144 cm³/mol. The summed E-state index contributed by atoms with van der Waals surface area (Å²) in [5, 5.41) is 17.4. The van der Waals surface area contributed by atoms with Crippen molar-refractivity contribution in [1.82, 2.24) is 24.8 Å². The minimum Gasteiger partial charge on any atom is -0.475 e. The van der Waals surface area contributed by atoms with E-state index in [0.717, 1.165) is 62.6 Å². The maximum absolute atomic E-state index is 12.9. The molecular weight excluding hydrogens is 606 g/mol. The molecule has 2 aromatic heterocycles. The van der Waals surface area contributed by atoms with Gasteiger partial charge in [-0.2, -0.15) is 26.3 Å². The summed E-state index contributed by atoms with van der Waals surface area (Å²) in [7, 11) is 3.84. The number of morpholine rings is 1. The summed E-state index contributed by atoms with van der Waals surface area (Å²) < 4.78 is 71.0. The molecule has 1 saturated carbocycles. The van der Waals surface area contributed by atoms with Gasteiger partial charge in [0.25, 0.3) is 5.91 Å². The Balaban J connectivity index is 0.000000402. The van der Waals surface area contributed by atoms with Crippen molar-refractivity contribution in [2.75, 3.05) is 58.4 Å². The number of hydrogen-bond donors (Lipinski definition) is 3. The highest BCUT2D eigenvalue weighted by molar-refractivity contribution is 5.94. The van der Waals surface area contributed by atoms with Crippen LogP contribution < -0.4 is 10.2 Å². The second-order valence-corrected chi connectivity index (χ2v) is 10.0. The molecule has 3 heterocycles. The van der Waals surface area contributed by atoms with Crippen LogP contribution in [0.25, 0.3) is 11.1 Å². The van der Waals surface area contributed by atoms with Gasteiger partial charge < -0.3 is 29.7 Å². The average Bonchev–Trinajstić information content (AvgIpc) is 3.67. The van der Waals surface area contributed by atoms with E-state index in [-0.39, 0.29) is 5.91 Å². The van der Waals surface area contributed by atoms with Crippen molar-refractivity contribution in [3.8, 4) is 11.1 Å². The van der Waals surface area contributed by atoms with Crippen LogP contribution in [-0.2, 0) is 20.9 Å². The van der Waals surface area contributed by atoms with E-state index in [4.69, 9.17) is 24.5 Å². The number of carbonyl (C=O) groups is 3. The van der Waals surface area contributed by atoms with E-state index < -0.39 is 24.3 Å². The number of nitrogens with zero attached hydrogens (tertiary/aromatic N) is 5. The third-order valence-corrected chi connectivity index (χ3v) is 6.18. The Hall–Kier alpha value is -3.93. The van der Waals surface area contributed by atoms with Crippen molar-refractivity contribution in [2.24, 2.45) is 5.92 Å². The fraction of sp³-hybridized carbons (Fsp3) is 0.577. The standard InChI is InChI=1S/C22H32N6O2.2C2HF3O2/c1-26(2)22-24-13-19(14-25-22)18-12-20(28(16-18)15-17-4-5-17)21(29)23-6-3-7-27-8-10-30-11-9-27;2*3-2(4,5)1(6)7/h12-14,16-17H,3-11,15H2,1-2H3,(H,23,29);2*(H,6,7). The topological polar surface area (TPSA) is 150 Å². The van der Waals surface area contributed by atoms with E-state index in [0.29, 0.717) is 18.4 Å². The summed E-state index contributed by atoms with van der Waals surface area (Å²) >= 11 is 0. The molecule has 0 radical (unpaired) electrons. The lowest BCUT2D eigenvalue weighted by Crippen LogP contribution is -2.38. The summed E-state index contributed by atoms with van der Waals surface area (Å²) in [5.74, 6) is -4.16. The number of ether oxygens (including phenoxy) is 1. The maximum atomic E-state index is 12.9. The molecule has 0 spiro atoms. The van der Waals surface area contributed by atoms with Crippen molar-refractivity contribution in [2.45, 2.75) is 38.2 Å². The Bertz CT molecular complexity index is 1200. The summed E-state index contributed by atoms with van der Waals surface area (Å²) in [6, 6.07) is 1.97. The van der Waals surface area contributed by atoms with Crippen LogP contribution in [0.5, 0.6) is 0 Å². The number of nitrogens with one attached hydrogen (secondary N) is 1. The van der Waals surface area contributed by atoms with E-state index in [1.54, 1.807) is 0 Å².